The van der Waals surface area contributed by atoms with Crippen molar-refractivity contribution in [3.8, 4) is 0 Å². The van der Waals surface area contributed by atoms with Crippen LogP contribution >= 0.6 is 11.3 Å². The number of rotatable bonds is 3. The lowest BCUT2D eigenvalue weighted by Gasteiger charge is -2.14. The first-order valence-electron chi connectivity index (χ1n) is 7.00. The maximum absolute atomic E-state index is 12.6. The Balaban J connectivity index is 2.05. The lowest BCUT2D eigenvalue weighted by molar-refractivity contribution is 0.601. The summed E-state index contributed by atoms with van der Waals surface area (Å²) in [7, 11) is -3.71. The number of nitrogens with one attached hydrogen (secondary N) is 2. The van der Waals surface area contributed by atoms with E-state index in [4.69, 9.17) is 0 Å². The minimum Gasteiger partial charge on any atom is -0.312 e. The number of thiazole rings is 1. The Bertz CT molecular complexity index is 1040. The van der Waals surface area contributed by atoms with E-state index in [1.165, 1.54) is 12.1 Å². The van der Waals surface area contributed by atoms with Crippen LogP contribution in [0.5, 0.6) is 0 Å². The summed E-state index contributed by atoms with van der Waals surface area (Å²) in [5.41, 5.74) is 4.07. The van der Waals surface area contributed by atoms with Gasteiger partial charge in [0, 0.05) is 0 Å². The Morgan fingerprint density at radius 1 is 1.04 bits per heavy atom. The zero-order valence-corrected chi connectivity index (χ0v) is 14.6. The summed E-state index contributed by atoms with van der Waals surface area (Å²) in [6.45, 7) is 5.72. The molecule has 1 aromatic heterocycles. The maximum atomic E-state index is 12.6. The van der Waals surface area contributed by atoms with Crippen molar-refractivity contribution >= 4 is 37.3 Å². The lowest BCUT2D eigenvalue weighted by Crippen LogP contribution is -2.14. The topological polar surface area (TPSA) is 79.0 Å². The van der Waals surface area contributed by atoms with Crippen LogP contribution in [0.25, 0.3) is 10.2 Å². The summed E-state index contributed by atoms with van der Waals surface area (Å²) in [6.07, 6.45) is 0. The Morgan fingerprint density at radius 3 is 2.35 bits per heavy atom. The van der Waals surface area contributed by atoms with Gasteiger partial charge in [0.25, 0.3) is 10.0 Å². The Labute approximate surface area is 138 Å². The molecule has 1 heterocycles. The number of hydrogen-bond donors (Lipinski definition) is 2. The van der Waals surface area contributed by atoms with Gasteiger partial charge in [-0.15, -0.1) is 0 Å². The van der Waals surface area contributed by atoms with Gasteiger partial charge in [0.1, 0.15) is 0 Å². The zero-order valence-electron chi connectivity index (χ0n) is 12.9. The number of H-pyrrole nitrogens is 1. The third-order valence-corrected chi connectivity index (χ3v) is 5.81. The molecule has 0 amide bonds. The van der Waals surface area contributed by atoms with Crippen molar-refractivity contribution in [3.63, 3.8) is 0 Å². The van der Waals surface area contributed by atoms with Crippen molar-refractivity contribution in [3.05, 3.63) is 56.7 Å². The summed E-state index contributed by atoms with van der Waals surface area (Å²) in [6, 6.07) is 8.49. The molecule has 0 bridgehead atoms. The molecule has 0 saturated heterocycles. The van der Waals surface area contributed by atoms with E-state index in [2.05, 4.69) is 9.71 Å². The molecular weight excluding hydrogens is 332 g/mol. The van der Waals surface area contributed by atoms with Gasteiger partial charge in [0.05, 0.1) is 20.8 Å². The second kappa shape index (κ2) is 5.50. The highest BCUT2D eigenvalue weighted by molar-refractivity contribution is 7.92. The molecule has 0 aliphatic carbocycles. The molecular formula is C16H16N2O3S2. The number of aromatic amines is 1. The number of fused-ring (bicyclic) bond motifs is 1. The normalized spacial score (nSPS) is 11.8. The molecule has 0 aliphatic heterocycles. The highest BCUT2D eigenvalue weighted by atomic mass is 32.2. The first-order valence-corrected chi connectivity index (χ1v) is 9.30. The zero-order chi connectivity index (χ0) is 16.8. The smallest absolute Gasteiger partial charge is 0.305 e. The largest absolute Gasteiger partial charge is 0.312 e. The average molecular weight is 348 g/mol. The van der Waals surface area contributed by atoms with Crippen LogP contribution in [0.2, 0.25) is 0 Å². The van der Waals surface area contributed by atoms with Gasteiger partial charge in [0.15, 0.2) is 0 Å². The highest BCUT2D eigenvalue weighted by Gasteiger charge is 2.18. The molecule has 0 fully saturated rings. The third-order valence-electron chi connectivity index (χ3n) is 3.62. The molecule has 0 aliphatic rings. The number of aryl methyl sites for hydroxylation is 3. The number of aromatic nitrogens is 1. The van der Waals surface area contributed by atoms with E-state index in [-0.39, 0.29) is 9.77 Å². The average Bonchev–Trinajstić information content (AvgIpc) is 2.82. The molecule has 0 radical (unpaired) electrons. The number of anilines is 1. The van der Waals surface area contributed by atoms with Crippen molar-refractivity contribution in [1.29, 1.82) is 0 Å². The summed E-state index contributed by atoms with van der Waals surface area (Å²) in [4.78, 5) is 14.0. The summed E-state index contributed by atoms with van der Waals surface area (Å²) < 4.78 is 28.6. The van der Waals surface area contributed by atoms with Gasteiger partial charge < -0.3 is 4.98 Å². The lowest BCUT2D eigenvalue weighted by atomic mass is 10.1. The fourth-order valence-corrected chi connectivity index (χ4v) is 4.71. The van der Waals surface area contributed by atoms with Crippen molar-refractivity contribution in [2.45, 2.75) is 25.7 Å². The Morgan fingerprint density at radius 2 is 1.70 bits per heavy atom. The van der Waals surface area contributed by atoms with Crippen LogP contribution in [-0.4, -0.2) is 13.4 Å². The van der Waals surface area contributed by atoms with Crippen LogP contribution in [-0.2, 0) is 10.0 Å². The summed E-state index contributed by atoms with van der Waals surface area (Å²) >= 11 is 0.994. The fourth-order valence-electron chi connectivity index (χ4n) is 2.63. The summed E-state index contributed by atoms with van der Waals surface area (Å²) in [5, 5.41) is 0. The van der Waals surface area contributed by atoms with E-state index in [0.717, 1.165) is 28.0 Å². The van der Waals surface area contributed by atoms with Gasteiger partial charge in [-0.05, 0) is 50.1 Å². The maximum Gasteiger partial charge on any atom is 0.305 e. The molecule has 0 saturated carbocycles. The molecule has 3 aromatic rings. The first kappa shape index (κ1) is 15.8. The van der Waals surface area contributed by atoms with E-state index < -0.39 is 10.0 Å². The van der Waals surface area contributed by atoms with Crippen molar-refractivity contribution < 1.29 is 8.42 Å². The van der Waals surface area contributed by atoms with Gasteiger partial charge in [-0.25, -0.2) is 8.42 Å². The first-order chi connectivity index (χ1) is 10.8. The van der Waals surface area contributed by atoms with Crippen LogP contribution < -0.4 is 9.60 Å². The second-order valence-electron chi connectivity index (χ2n) is 5.55. The standard InChI is InChI=1S/C16H16N2O3S2/c1-9-6-10(2)15(11(3)7-9)18-23(20,21)12-4-5-13-14(8-12)22-16(19)17-13/h4-8,18H,1-3H3,(H,17,19). The number of sulfonamides is 1. The van der Waals surface area contributed by atoms with E-state index >= 15 is 0 Å². The fraction of sp³-hybridized carbons (Fsp3) is 0.188. The molecule has 2 N–H and O–H groups in total. The molecule has 2 aromatic carbocycles. The predicted octanol–water partition coefficient (Wildman–Crippen LogP) is 3.32. The predicted molar refractivity (Wildman–Crippen MR) is 93.9 cm³/mol. The van der Waals surface area contributed by atoms with Crippen LogP contribution in [0.15, 0.2) is 40.0 Å². The Hall–Kier alpha value is -2.12. The molecule has 7 heteroatoms. The number of hydrogen-bond acceptors (Lipinski definition) is 4. The quantitative estimate of drug-likeness (QED) is 0.762. The summed E-state index contributed by atoms with van der Waals surface area (Å²) in [5.74, 6) is 0. The van der Waals surface area contributed by atoms with Crippen LogP contribution in [0, 0.1) is 20.8 Å². The van der Waals surface area contributed by atoms with Crippen molar-refractivity contribution in [2.24, 2.45) is 0 Å². The molecule has 0 unspecified atom stereocenters. The monoisotopic (exact) mass is 348 g/mol. The van der Waals surface area contributed by atoms with Gasteiger partial charge >= 0.3 is 4.87 Å². The highest BCUT2D eigenvalue weighted by Crippen LogP contribution is 2.26. The SMILES string of the molecule is Cc1cc(C)c(NS(=O)(=O)c2ccc3[nH]c(=O)sc3c2)c(C)c1. The van der Waals surface area contributed by atoms with Crippen LogP contribution in [0.4, 0.5) is 5.69 Å². The van der Waals surface area contributed by atoms with Gasteiger partial charge in [-0.1, -0.05) is 29.0 Å². The minimum atomic E-state index is -3.71. The molecule has 0 atom stereocenters. The molecule has 0 spiro atoms. The van der Waals surface area contributed by atoms with Gasteiger partial charge in [-0.3, -0.25) is 9.52 Å². The number of benzene rings is 2. The molecule has 120 valence electrons. The second-order valence-corrected chi connectivity index (χ2v) is 8.25. The van der Waals surface area contributed by atoms with E-state index in [0.29, 0.717) is 15.9 Å². The van der Waals surface area contributed by atoms with E-state index in [9.17, 15) is 13.2 Å². The van der Waals surface area contributed by atoms with Gasteiger partial charge in [-0.2, -0.15) is 0 Å². The van der Waals surface area contributed by atoms with Gasteiger partial charge in [0.2, 0.25) is 0 Å². The molecule has 3 rings (SSSR count). The Kier molecular flexibility index (Phi) is 3.77. The minimum absolute atomic E-state index is 0.139. The molecule has 23 heavy (non-hydrogen) atoms. The van der Waals surface area contributed by atoms with E-state index in [1.54, 1.807) is 6.07 Å². The van der Waals surface area contributed by atoms with Crippen molar-refractivity contribution in [1.82, 2.24) is 4.98 Å². The van der Waals surface area contributed by atoms with Crippen LogP contribution in [0.3, 0.4) is 0 Å². The molecule has 5 nitrogen and oxygen atoms in total. The van der Waals surface area contributed by atoms with Crippen molar-refractivity contribution in [2.75, 3.05) is 4.72 Å². The van der Waals surface area contributed by atoms with Crippen LogP contribution in [0.1, 0.15) is 16.7 Å². The van der Waals surface area contributed by atoms with E-state index in [1.807, 2.05) is 32.9 Å². The third kappa shape index (κ3) is 3.02.